The molecule has 0 bridgehead atoms. The number of sulfonamides is 1. The first-order chi connectivity index (χ1) is 8.87. The molecule has 7 heteroatoms. The Morgan fingerprint density at radius 1 is 1.53 bits per heavy atom. The van der Waals surface area contributed by atoms with Crippen molar-refractivity contribution in [3.8, 4) is 6.07 Å². The molecule has 0 amide bonds. The summed E-state index contributed by atoms with van der Waals surface area (Å²) in [5, 5.41) is 13.2. The maximum atomic E-state index is 12.2. The lowest BCUT2D eigenvalue weighted by atomic mass is 9.79. The van der Waals surface area contributed by atoms with E-state index in [0.29, 0.717) is 18.8 Å². The molecular weight excluding hydrogens is 264 g/mol. The van der Waals surface area contributed by atoms with E-state index in [0.717, 1.165) is 12.8 Å². The second-order valence-corrected chi connectivity index (χ2v) is 7.01. The molecule has 1 aliphatic rings. The lowest BCUT2D eigenvalue weighted by Crippen LogP contribution is -2.49. The lowest BCUT2D eigenvalue weighted by Gasteiger charge is -2.33. The molecule has 0 saturated heterocycles. The van der Waals surface area contributed by atoms with Gasteiger partial charge < -0.3 is 0 Å². The normalized spacial score (nSPS) is 27.9. The summed E-state index contributed by atoms with van der Waals surface area (Å²) >= 11 is 0. The summed E-state index contributed by atoms with van der Waals surface area (Å²) in [5.74, 6) is 0.546. The van der Waals surface area contributed by atoms with Gasteiger partial charge in [-0.15, -0.1) is 0 Å². The van der Waals surface area contributed by atoms with Gasteiger partial charge in [0.2, 0.25) is 10.0 Å². The number of aromatic nitrogens is 2. The molecule has 0 unspecified atom stereocenters. The number of aryl methyl sites for hydroxylation is 1. The summed E-state index contributed by atoms with van der Waals surface area (Å²) in [7, 11) is -2.03. The van der Waals surface area contributed by atoms with Gasteiger partial charge in [-0.3, -0.25) is 4.68 Å². The molecule has 1 heterocycles. The topological polar surface area (TPSA) is 87.8 Å². The van der Waals surface area contributed by atoms with Gasteiger partial charge in [-0.2, -0.15) is 15.1 Å². The quantitative estimate of drug-likeness (QED) is 0.901. The Morgan fingerprint density at radius 2 is 2.16 bits per heavy atom. The van der Waals surface area contributed by atoms with Crippen molar-refractivity contribution in [2.45, 2.75) is 43.0 Å². The van der Waals surface area contributed by atoms with Crippen molar-refractivity contribution < 1.29 is 8.42 Å². The number of nitrogens with one attached hydrogen (secondary N) is 1. The maximum absolute atomic E-state index is 12.2. The molecule has 2 rings (SSSR count). The van der Waals surface area contributed by atoms with E-state index in [1.807, 2.05) is 0 Å². The van der Waals surface area contributed by atoms with Crippen molar-refractivity contribution in [2.75, 3.05) is 0 Å². The molecule has 0 spiro atoms. The number of nitriles is 1. The molecule has 1 aromatic rings. The Hall–Kier alpha value is -1.39. The first-order valence-corrected chi connectivity index (χ1v) is 7.79. The molecule has 1 N–H and O–H groups in total. The summed E-state index contributed by atoms with van der Waals surface area (Å²) in [4.78, 5) is 0.100. The summed E-state index contributed by atoms with van der Waals surface area (Å²) in [6.45, 7) is 2.12. The van der Waals surface area contributed by atoms with Crippen molar-refractivity contribution in [3.63, 3.8) is 0 Å². The highest BCUT2D eigenvalue weighted by Gasteiger charge is 2.38. The van der Waals surface area contributed by atoms with Crippen LogP contribution in [0.15, 0.2) is 17.3 Å². The molecule has 1 saturated carbocycles. The molecule has 0 aliphatic heterocycles. The summed E-state index contributed by atoms with van der Waals surface area (Å²) in [6, 6.07) is 2.15. The Kier molecular flexibility index (Phi) is 3.65. The van der Waals surface area contributed by atoms with E-state index < -0.39 is 15.6 Å². The van der Waals surface area contributed by atoms with Crippen LogP contribution in [0.1, 0.15) is 32.6 Å². The molecule has 1 fully saturated rings. The average Bonchev–Trinajstić information content (AvgIpc) is 2.80. The van der Waals surface area contributed by atoms with Gasteiger partial charge in [-0.1, -0.05) is 6.92 Å². The zero-order chi connectivity index (χ0) is 14.1. The summed E-state index contributed by atoms with van der Waals surface area (Å²) in [6.07, 6.45) is 5.57. The van der Waals surface area contributed by atoms with Crippen molar-refractivity contribution in [1.82, 2.24) is 14.5 Å². The highest BCUT2D eigenvalue weighted by atomic mass is 32.2. The van der Waals surface area contributed by atoms with E-state index in [-0.39, 0.29) is 4.90 Å². The fourth-order valence-corrected chi connectivity index (χ4v) is 3.70. The highest BCUT2D eigenvalue weighted by Crippen LogP contribution is 2.32. The minimum Gasteiger partial charge on any atom is -0.274 e. The van der Waals surface area contributed by atoms with Crippen LogP contribution in [0.2, 0.25) is 0 Å². The minimum absolute atomic E-state index is 0.100. The maximum Gasteiger partial charge on any atom is 0.245 e. The average molecular weight is 282 g/mol. The number of nitrogens with zero attached hydrogens (tertiary/aromatic N) is 3. The van der Waals surface area contributed by atoms with Crippen molar-refractivity contribution in [3.05, 3.63) is 12.4 Å². The Morgan fingerprint density at radius 3 is 2.63 bits per heavy atom. The van der Waals surface area contributed by atoms with Crippen LogP contribution >= 0.6 is 0 Å². The molecule has 1 aliphatic carbocycles. The van der Waals surface area contributed by atoms with Crippen molar-refractivity contribution >= 4 is 10.0 Å². The first-order valence-electron chi connectivity index (χ1n) is 6.31. The highest BCUT2D eigenvalue weighted by molar-refractivity contribution is 7.89. The van der Waals surface area contributed by atoms with Gasteiger partial charge in [0.25, 0.3) is 0 Å². The van der Waals surface area contributed by atoms with Crippen LogP contribution in [0.4, 0.5) is 0 Å². The number of hydrogen-bond acceptors (Lipinski definition) is 4. The van der Waals surface area contributed by atoms with Crippen LogP contribution in [0, 0.1) is 17.2 Å². The smallest absolute Gasteiger partial charge is 0.245 e. The third-order valence-corrected chi connectivity index (χ3v) is 5.15. The van der Waals surface area contributed by atoms with Crippen LogP contribution in [0.3, 0.4) is 0 Å². The van der Waals surface area contributed by atoms with Gasteiger partial charge in [0.1, 0.15) is 10.4 Å². The van der Waals surface area contributed by atoms with Crippen LogP contribution in [-0.4, -0.2) is 23.7 Å². The number of hydrogen-bond donors (Lipinski definition) is 1. The third-order valence-electron chi connectivity index (χ3n) is 3.66. The summed E-state index contributed by atoms with van der Waals surface area (Å²) in [5.41, 5.74) is -0.971. The van der Waals surface area contributed by atoms with Gasteiger partial charge in [0, 0.05) is 13.2 Å². The van der Waals surface area contributed by atoms with Crippen molar-refractivity contribution in [2.24, 2.45) is 13.0 Å². The SMILES string of the molecule is CC1CCC(C#N)(NS(=O)(=O)c2cnn(C)c2)CC1. The zero-order valence-electron chi connectivity index (χ0n) is 11.1. The van der Waals surface area contributed by atoms with E-state index in [9.17, 15) is 13.7 Å². The Balaban J connectivity index is 2.21. The Labute approximate surface area is 113 Å². The van der Waals surface area contributed by atoms with Gasteiger partial charge in [-0.25, -0.2) is 8.42 Å². The van der Waals surface area contributed by atoms with E-state index in [4.69, 9.17) is 0 Å². The molecule has 104 valence electrons. The minimum atomic E-state index is -3.68. The first kappa shape index (κ1) is 14.0. The molecule has 0 atom stereocenters. The summed E-state index contributed by atoms with van der Waals surface area (Å²) < 4.78 is 28.5. The number of rotatable bonds is 3. The van der Waals surface area contributed by atoms with Crippen LogP contribution in [-0.2, 0) is 17.1 Å². The predicted molar refractivity (Wildman–Crippen MR) is 69.5 cm³/mol. The monoisotopic (exact) mass is 282 g/mol. The predicted octanol–water partition coefficient (Wildman–Crippen LogP) is 1.17. The molecular formula is C12H18N4O2S. The molecule has 19 heavy (non-hydrogen) atoms. The van der Waals surface area contributed by atoms with Gasteiger partial charge in [0.15, 0.2) is 0 Å². The fourth-order valence-electron chi connectivity index (χ4n) is 2.35. The second kappa shape index (κ2) is 4.94. The van der Waals surface area contributed by atoms with Crippen molar-refractivity contribution in [1.29, 1.82) is 5.26 Å². The van der Waals surface area contributed by atoms with E-state index in [1.165, 1.54) is 17.1 Å². The largest absolute Gasteiger partial charge is 0.274 e. The molecule has 0 radical (unpaired) electrons. The zero-order valence-corrected chi connectivity index (χ0v) is 11.9. The lowest BCUT2D eigenvalue weighted by molar-refractivity contribution is 0.278. The second-order valence-electron chi connectivity index (χ2n) is 5.33. The van der Waals surface area contributed by atoms with Gasteiger partial charge >= 0.3 is 0 Å². The molecule has 0 aromatic carbocycles. The molecule has 6 nitrogen and oxygen atoms in total. The van der Waals surface area contributed by atoms with Gasteiger partial charge in [0.05, 0.1) is 12.3 Å². The fraction of sp³-hybridized carbons (Fsp3) is 0.667. The van der Waals surface area contributed by atoms with Crippen LogP contribution < -0.4 is 4.72 Å². The van der Waals surface area contributed by atoms with Crippen LogP contribution in [0.25, 0.3) is 0 Å². The van der Waals surface area contributed by atoms with E-state index >= 15 is 0 Å². The standard InChI is InChI=1S/C12H18N4O2S/c1-10-3-5-12(9-13,6-4-10)15-19(17,18)11-7-14-16(2)8-11/h7-8,10,15H,3-6H2,1-2H3. The Bertz CT molecular complexity index is 591. The third kappa shape index (κ3) is 2.96. The van der Waals surface area contributed by atoms with E-state index in [1.54, 1.807) is 7.05 Å². The van der Waals surface area contributed by atoms with Crippen LogP contribution in [0.5, 0.6) is 0 Å². The van der Waals surface area contributed by atoms with E-state index in [2.05, 4.69) is 22.8 Å². The molecule has 1 aromatic heterocycles. The van der Waals surface area contributed by atoms with Gasteiger partial charge in [-0.05, 0) is 31.6 Å².